The molecule has 8 nitrogen and oxygen atoms in total. The fourth-order valence-corrected chi connectivity index (χ4v) is 4.06. The van der Waals surface area contributed by atoms with Crippen LogP contribution >= 0.6 is 11.6 Å². The molecule has 1 aliphatic rings. The van der Waals surface area contributed by atoms with Crippen molar-refractivity contribution in [2.24, 2.45) is 11.5 Å². The maximum Gasteiger partial charge on any atom is 0.258 e. The van der Waals surface area contributed by atoms with Crippen LogP contribution in [-0.4, -0.2) is 28.0 Å². The molecule has 1 aromatic heterocycles. The molecule has 0 radical (unpaired) electrons. The molecule has 2 aromatic carbocycles. The first kappa shape index (κ1) is 22.8. The number of aromatic nitrogens is 2. The number of aryl methyl sites for hydroxylation is 1. The molecule has 33 heavy (non-hydrogen) atoms. The molecule has 0 spiro atoms. The maximum absolute atomic E-state index is 12.5. The van der Waals surface area contributed by atoms with Gasteiger partial charge >= 0.3 is 0 Å². The van der Waals surface area contributed by atoms with Gasteiger partial charge in [-0.2, -0.15) is 9.97 Å². The van der Waals surface area contributed by atoms with Crippen molar-refractivity contribution in [2.75, 3.05) is 10.6 Å². The topological polar surface area (TPSA) is 128 Å². The molecule has 0 saturated heterocycles. The first-order chi connectivity index (χ1) is 15.9. The molecule has 1 saturated carbocycles. The minimum atomic E-state index is -0.729. The van der Waals surface area contributed by atoms with Gasteiger partial charge in [0.15, 0.2) is 5.82 Å². The van der Waals surface area contributed by atoms with Crippen LogP contribution in [0.2, 0.25) is 5.02 Å². The summed E-state index contributed by atoms with van der Waals surface area (Å²) in [6.07, 6.45) is 4.00. The number of nitrogens with zero attached hydrogens (tertiary/aromatic N) is 2. The number of benzene rings is 2. The van der Waals surface area contributed by atoms with Crippen molar-refractivity contribution in [3.8, 4) is 11.6 Å². The summed E-state index contributed by atoms with van der Waals surface area (Å²) in [5.74, 6) is 0.152. The zero-order valence-electron chi connectivity index (χ0n) is 18.3. The molecule has 9 heteroatoms. The lowest BCUT2D eigenvalue weighted by Gasteiger charge is -2.29. The number of rotatable bonds is 7. The van der Waals surface area contributed by atoms with Crippen LogP contribution in [0.15, 0.2) is 48.5 Å². The summed E-state index contributed by atoms with van der Waals surface area (Å²) < 4.78 is 5.97. The number of carbonyl (C=O) groups is 1. The van der Waals surface area contributed by atoms with Gasteiger partial charge in [-0.1, -0.05) is 48.7 Å². The summed E-state index contributed by atoms with van der Waals surface area (Å²) in [6.45, 7) is 1.98. The molecule has 3 aromatic rings. The van der Waals surface area contributed by atoms with E-state index in [-0.39, 0.29) is 29.3 Å². The second-order valence-electron chi connectivity index (χ2n) is 8.17. The Morgan fingerprint density at radius 3 is 2.64 bits per heavy atom. The van der Waals surface area contributed by atoms with Gasteiger partial charge in [-0.05, 0) is 49.6 Å². The second-order valence-corrected chi connectivity index (χ2v) is 8.57. The molecular formula is C24H27ClN6O2. The summed E-state index contributed by atoms with van der Waals surface area (Å²) in [7, 11) is 0. The molecular weight excluding hydrogens is 440 g/mol. The van der Waals surface area contributed by atoms with E-state index in [2.05, 4.69) is 20.6 Å². The summed E-state index contributed by atoms with van der Waals surface area (Å²) in [4.78, 5) is 21.5. The Kier molecular flexibility index (Phi) is 6.96. The third-order valence-electron chi connectivity index (χ3n) is 5.58. The number of nitrogens with one attached hydrogen (secondary N) is 2. The van der Waals surface area contributed by atoms with Crippen molar-refractivity contribution in [3.63, 3.8) is 0 Å². The van der Waals surface area contributed by atoms with E-state index in [9.17, 15) is 4.79 Å². The number of ether oxygens (including phenoxy) is 1. The van der Waals surface area contributed by atoms with Crippen molar-refractivity contribution < 1.29 is 9.53 Å². The van der Waals surface area contributed by atoms with E-state index < -0.39 is 5.91 Å². The predicted octanol–water partition coefficient (Wildman–Crippen LogP) is 4.76. The number of primary amides is 1. The highest BCUT2D eigenvalue weighted by Gasteiger charge is 2.26. The van der Waals surface area contributed by atoms with Gasteiger partial charge in [0, 0.05) is 17.8 Å². The standard InChI is InChI=1S/C24H27ClN6O2/c1-14-7-6-8-15(13-14)28-22-20(21(27)32)23(33-19-12-5-2-9-16(19)25)31-24(30-22)29-18-11-4-3-10-17(18)26/h2,5-9,12-13,17-18H,3-4,10-11,26H2,1H3,(H2,27,32)(H2,28,29,30,31). The Morgan fingerprint density at radius 2 is 1.91 bits per heavy atom. The van der Waals surface area contributed by atoms with Gasteiger partial charge < -0.3 is 26.8 Å². The smallest absolute Gasteiger partial charge is 0.258 e. The first-order valence-corrected chi connectivity index (χ1v) is 11.3. The van der Waals surface area contributed by atoms with E-state index in [0.717, 1.165) is 36.9 Å². The summed E-state index contributed by atoms with van der Waals surface area (Å²) in [6, 6.07) is 14.6. The number of carbonyl (C=O) groups excluding carboxylic acids is 1. The number of halogens is 1. The lowest BCUT2D eigenvalue weighted by atomic mass is 9.91. The molecule has 2 atom stereocenters. The monoisotopic (exact) mass is 466 g/mol. The fourth-order valence-electron chi connectivity index (χ4n) is 3.89. The van der Waals surface area contributed by atoms with Gasteiger partial charge in [-0.15, -0.1) is 0 Å². The Hall–Kier alpha value is -3.36. The highest BCUT2D eigenvalue weighted by atomic mass is 35.5. The van der Waals surface area contributed by atoms with Crippen LogP contribution in [-0.2, 0) is 0 Å². The molecule has 0 bridgehead atoms. The summed E-state index contributed by atoms with van der Waals surface area (Å²) in [5.41, 5.74) is 13.9. The minimum absolute atomic E-state index is 0.00707. The van der Waals surface area contributed by atoms with E-state index in [1.165, 1.54) is 0 Å². The third kappa shape index (κ3) is 5.53. The molecule has 1 aliphatic carbocycles. The van der Waals surface area contributed by atoms with Crippen LogP contribution < -0.4 is 26.8 Å². The molecule has 2 unspecified atom stereocenters. The van der Waals surface area contributed by atoms with Crippen molar-refractivity contribution in [2.45, 2.75) is 44.7 Å². The third-order valence-corrected chi connectivity index (χ3v) is 5.89. The number of para-hydroxylation sites is 1. The largest absolute Gasteiger partial charge is 0.436 e. The molecule has 1 fully saturated rings. The highest BCUT2D eigenvalue weighted by Crippen LogP contribution is 2.34. The number of nitrogens with two attached hydrogens (primary N) is 2. The zero-order chi connectivity index (χ0) is 23.4. The van der Waals surface area contributed by atoms with Gasteiger partial charge in [0.05, 0.1) is 5.02 Å². The van der Waals surface area contributed by atoms with E-state index in [0.29, 0.717) is 16.7 Å². The minimum Gasteiger partial charge on any atom is -0.436 e. The van der Waals surface area contributed by atoms with Crippen LogP contribution in [0, 0.1) is 6.92 Å². The number of amides is 1. The average Bonchev–Trinajstić information content (AvgIpc) is 2.77. The van der Waals surface area contributed by atoms with Crippen LogP contribution in [0.3, 0.4) is 0 Å². The number of hydrogen-bond acceptors (Lipinski definition) is 7. The predicted molar refractivity (Wildman–Crippen MR) is 130 cm³/mol. The summed E-state index contributed by atoms with van der Waals surface area (Å²) in [5, 5.41) is 6.89. The van der Waals surface area contributed by atoms with Crippen LogP contribution in [0.1, 0.15) is 41.6 Å². The average molecular weight is 467 g/mol. The number of hydrogen-bond donors (Lipinski definition) is 4. The highest BCUT2D eigenvalue weighted by molar-refractivity contribution is 6.32. The van der Waals surface area contributed by atoms with Crippen molar-refractivity contribution in [3.05, 3.63) is 64.7 Å². The zero-order valence-corrected chi connectivity index (χ0v) is 19.1. The van der Waals surface area contributed by atoms with E-state index >= 15 is 0 Å². The first-order valence-electron chi connectivity index (χ1n) is 10.9. The molecule has 1 amide bonds. The van der Waals surface area contributed by atoms with Gasteiger partial charge in [0.1, 0.15) is 11.3 Å². The molecule has 4 rings (SSSR count). The van der Waals surface area contributed by atoms with Crippen LogP contribution in [0.5, 0.6) is 11.6 Å². The fraction of sp³-hybridized carbons (Fsp3) is 0.292. The molecule has 1 heterocycles. The lowest BCUT2D eigenvalue weighted by molar-refractivity contribution is 0.0998. The number of anilines is 3. The van der Waals surface area contributed by atoms with Gasteiger partial charge in [0.2, 0.25) is 11.8 Å². The lowest BCUT2D eigenvalue weighted by Crippen LogP contribution is -2.43. The summed E-state index contributed by atoms with van der Waals surface area (Å²) >= 11 is 6.28. The second kappa shape index (κ2) is 10.1. The van der Waals surface area contributed by atoms with E-state index in [4.69, 9.17) is 27.8 Å². The van der Waals surface area contributed by atoms with E-state index in [1.807, 2.05) is 31.2 Å². The Labute approximate surface area is 197 Å². The SMILES string of the molecule is Cc1cccc(Nc2nc(NC3CCCCC3N)nc(Oc3ccccc3Cl)c2C(N)=O)c1. The van der Waals surface area contributed by atoms with Crippen LogP contribution in [0.4, 0.5) is 17.5 Å². The van der Waals surface area contributed by atoms with E-state index in [1.54, 1.807) is 24.3 Å². The van der Waals surface area contributed by atoms with Crippen molar-refractivity contribution in [1.82, 2.24) is 9.97 Å². The molecule has 6 N–H and O–H groups in total. The van der Waals surface area contributed by atoms with Gasteiger partial charge in [-0.3, -0.25) is 4.79 Å². The maximum atomic E-state index is 12.5. The van der Waals surface area contributed by atoms with Gasteiger partial charge in [0.25, 0.3) is 5.91 Å². The van der Waals surface area contributed by atoms with Crippen LogP contribution in [0.25, 0.3) is 0 Å². The Morgan fingerprint density at radius 1 is 1.12 bits per heavy atom. The molecule has 172 valence electrons. The Balaban J connectivity index is 1.78. The van der Waals surface area contributed by atoms with Crippen molar-refractivity contribution >= 4 is 35.0 Å². The molecule has 0 aliphatic heterocycles. The quantitative estimate of drug-likeness (QED) is 0.395. The normalized spacial score (nSPS) is 17.9. The van der Waals surface area contributed by atoms with Crippen molar-refractivity contribution in [1.29, 1.82) is 0 Å². The Bertz CT molecular complexity index is 1160. The van der Waals surface area contributed by atoms with Gasteiger partial charge in [-0.25, -0.2) is 0 Å².